The van der Waals surface area contributed by atoms with E-state index in [-0.39, 0.29) is 16.4 Å². The van der Waals surface area contributed by atoms with Crippen LogP contribution in [0, 0.1) is 0 Å². The molecule has 2 nitrogen and oxygen atoms in total. The average Bonchev–Trinajstić information content (AvgIpc) is 3.59. The van der Waals surface area contributed by atoms with Crippen LogP contribution in [0.25, 0.3) is 71.6 Å². The van der Waals surface area contributed by atoms with Crippen molar-refractivity contribution >= 4 is 110 Å². The summed E-state index contributed by atoms with van der Waals surface area (Å²) in [7, 11) is 32.0. The predicted molar refractivity (Wildman–Crippen MR) is 188 cm³/mol. The molecule has 2 aromatic heterocycles. The number of hydrogen-bond donors (Lipinski definition) is 1. The number of aromatic amines is 1. The molecule has 7 heteroatoms. The second kappa shape index (κ2) is 9.64. The van der Waals surface area contributed by atoms with E-state index in [1.54, 1.807) is 0 Å². The molecule has 43 heavy (non-hydrogen) atoms. The maximum Gasteiger partial charge on any atom is 0.113 e. The maximum absolute atomic E-state index is 6.59. The van der Waals surface area contributed by atoms with Gasteiger partial charge in [0.1, 0.15) is 39.2 Å². The Kier molecular flexibility index (Phi) is 5.81. The van der Waals surface area contributed by atoms with E-state index in [4.69, 9.17) is 39.2 Å². The molecule has 0 amide bonds. The van der Waals surface area contributed by atoms with E-state index in [1.165, 1.54) is 10.8 Å². The molecule has 0 atom stereocenters. The van der Waals surface area contributed by atoms with Crippen LogP contribution in [0.4, 0.5) is 0 Å². The fourth-order valence-corrected chi connectivity index (χ4v) is 6.48. The van der Waals surface area contributed by atoms with Gasteiger partial charge in [0.05, 0.1) is 16.6 Å². The van der Waals surface area contributed by atoms with Gasteiger partial charge < -0.3 is 9.55 Å². The third kappa shape index (κ3) is 3.81. The van der Waals surface area contributed by atoms with Gasteiger partial charge in [-0.15, -0.1) is 16.4 Å². The molecule has 0 spiro atoms. The Morgan fingerprint density at radius 2 is 1.07 bits per heavy atom. The molecule has 6 aromatic carbocycles. The van der Waals surface area contributed by atoms with Crippen LogP contribution in [0.5, 0.6) is 0 Å². The first-order valence-corrected chi connectivity index (χ1v) is 14.1. The molecule has 0 aliphatic rings. The van der Waals surface area contributed by atoms with Gasteiger partial charge in [-0.1, -0.05) is 89.8 Å². The Labute approximate surface area is 256 Å². The summed E-state index contributed by atoms with van der Waals surface area (Å²) in [4.78, 5) is 3.72. The lowest BCUT2D eigenvalue weighted by molar-refractivity contribution is 1.18. The van der Waals surface area contributed by atoms with E-state index in [1.807, 2.05) is 18.2 Å². The molecule has 2 heterocycles. The van der Waals surface area contributed by atoms with Gasteiger partial charge in [-0.25, -0.2) is 0 Å². The third-order valence-corrected chi connectivity index (χ3v) is 8.58. The first-order valence-electron chi connectivity index (χ1n) is 14.1. The first-order chi connectivity index (χ1) is 20.9. The summed E-state index contributed by atoms with van der Waals surface area (Å²) < 4.78 is 2.31. The highest BCUT2D eigenvalue weighted by Crippen LogP contribution is 2.40. The fraction of sp³-hybridized carbons (Fsp3) is 0. The Morgan fingerprint density at radius 3 is 1.84 bits per heavy atom. The molecule has 8 rings (SSSR count). The molecule has 0 saturated carbocycles. The van der Waals surface area contributed by atoms with Gasteiger partial charge in [-0.3, -0.25) is 0 Å². The first kappa shape index (κ1) is 25.9. The Morgan fingerprint density at radius 1 is 0.465 bits per heavy atom. The van der Waals surface area contributed by atoms with Gasteiger partial charge in [0.2, 0.25) is 0 Å². The zero-order valence-electron chi connectivity index (χ0n) is 23.2. The van der Waals surface area contributed by atoms with E-state index in [0.717, 1.165) is 55.2 Å². The molecular weight excluding hydrogens is 514 g/mol. The Bertz CT molecular complexity index is 2370. The number of H-pyrrole nitrogens is 1. The van der Waals surface area contributed by atoms with Gasteiger partial charge in [0, 0.05) is 32.7 Å². The lowest BCUT2D eigenvalue weighted by Gasteiger charge is -2.22. The normalized spacial score (nSPS) is 11.7. The zero-order chi connectivity index (χ0) is 29.4. The second-order valence-electron chi connectivity index (χ2n) is 11.0. The molecular formula is C36H19B5N2. The monoisotopic (exact) mass is 534 g/mol. The summed E-state index contributed by atoms with van der Waals surface area (Å²) in [5.74, 6) is 0. The number of nitrogens with one attached hydrogen (secondary N) is 1. The van der Waals surface area contributed by atoms with E-state index in [0.29, 0.717) is 16.5 Å². The van der Waals surface area contributed by atoms with Crippen LogP contribution in [-0.2, 0) is 0 Å². The molecule has 0 bridgehead atoms. The molecule has 0 aliphatic heterocycles. The zero-order valence-corrected chi connectivity index (χ0v) is 23.2. The second-order valence-corrected chi connectivity index (χ2v) is 11.0. The molecule has 0 fully saturated rings. The summed E-state index contributed by atoms with van der Waals surface area (Å²) in [5.41, 5.74) is 9.95. The van der Waals surface area contributed by atoms with E-state index < -0.39 is 0 Å². The lowest BCUT2D eigenvalue weighted by atomic mass is 9.59. The molecule has 0 unspecified atom stereocenters. The van der Waals surface area contributed by atoms with Gasteiger partial charge in [-0.2, -0.15) is 0 Å². The van der Waals surface area contributed by atoms with Crippen LogP contribution >= 0.6 is 0 Å². The number of aromatic nitrogens is 2. The number of nitrogens with zero attached hydrogens (tertiary/aromatic N) is 1. The van der Waals surface area contributed by atoms with Crippen molar-refractivity contribution in [1.82, 2.24) is 9.55 Å². The highest BCUT2D eigenvalue weighted by atomic mass is 15.0. The molecule has 0 saturated heterocycles. The number of rotatable bonds is 3. The quantitative estimate of drug-likeness (QED) is 0.335. The van der Waals surface area contributed by atoms with Crippen molar-refractivity contribution in [1.29, 1.82) is 0 Å². The topological polar surface area (TPSA) is 20.7 Å². The van der Waals surface area contributed by atoms with E-state index >= 15 is 0 Å². The van der Waals surface area contributed by atoms with Gasteiger partial charge in [-0.05, 0) is 52.6 Å². The summed E-state index contributed by atoms with van der Waals surface area (Å²) in [6.07, 6.45) is 0. The van der Waals surface area contributed by atoms with Crippen LogP contribution in [0.15, 0.2) is 109 Å². The van der Waals surface area contributed by atoms with Crippen molar-refractivity contribution in [3.8, 4) is 27.9 Å². The number of para-hydroxylation sites is 2. The highest BCUT2D eigenvalue weighted by Gasteiger charge is 2.20. The van der Waals surface area contributed by atoms with Gasteiger partial charge >= 0.3 is 0 Å². The van der Waals surface area contributed by atoms with Crippen LogP contribution in [0.2, 0.25) is 0 Å². The Balaban J connectivity index is 1.54. The summed E-state index contributed by atoms with van der Waals surface area (Å²) in [5, 5.41) is 4.66. The van der Waals surface area contributed by atoms with Crippen molar-refractivity contribution in [2.24, 2.45) is 0 Å². The van der Waals surface area contributed by atoms with Crippen molar-refractivity contribution < 1.29 is 0 Å². The van der Waals surface area contributed by atoms with Crippen LogP contribution in [0.1, 0.15) is 0 Å². The SMILES string of the molecule is [B]c1c([B])c([B])c(-c2cc(-c3ccccc3)cc(-n3c4ccccc4c4ccc5c6ccccc6[nH]c5c43)c2)c([B])c1[B]. The fourth-order valence-electron chi connectivity index (χ4n) is 6.48. The van der Waals surface area contributed by atoms with Crippen molar-refractivity contribution in [2.75, 3.05) is 0 Å². The standard InChI is InChI=1S/C36H19B5N2/c37-30-29(31(38)33(40)34(41)32(30)39)21-16-20(19-8-2-1-3-9-19)17-22(18-21)43-28-13-7-5-11-24(28)26-15-14-25-23-10-4-6-12-27(23)42-35(25)36(26)43/h1-18,42H. The largest absolute Gasteiger partial charge is 0.353 e. The van der Waals surface area contributed by atoms with Crippen molar-refractivity contribution in [2.45, 2.75) is 0 Å². The predicted octanol–water partition coefficient (Wildman–Crippen LogP) is 3.72. The molecule has 8 aromatic rings. The van der Waals surface area contributed by atoms with Crippen LogP contribution in [0.3, 0.4) is 0 Å². The molecule has 188 valence electrons. The minimum atomic E-state index is 0.196. The minimum Gasteiger partial charge on any atom is -0.353 e. The number of fused-ring (bicyclic) bond motifs is 7. The highest BCUT2D eigenvalue weighted by molar-refractivity contribution is 6.68. The summed E-state index contributed by atoms with van der Waals surface area (Å²) >= 11 is 0. The number of hydrogen-bond acceptors (Lipinski definition) is 0. The van der Waals surface area contributed by atoms with E-state index in [9.17, 15) is 0 Å². The van der Waals surface area contributed by atoms with Gasteiger partial charge in [0.25, 0.3) is 0 Å². The smallest absolute Gasteiger partial charge is 0.113 e. The van der Waals surface area contributed by atoms with Crippen LogP contribution in [-0.4, -0.2) is 48.8 Å². The molecule has 0 aliphatic carbocycles. The molecule has 10 radical (unpaired) electrons. The van der Waals surface area contributed by atoms with Crippen molar-refractivity contribution in [3.63, 3.8) is 0 Å². The number of benzene rings is 6. The lowest BCUT2D eigenvalue weighted by Crippen LogP contribution is -2.55. The third-order valence-electron chi connectivity index (χ3n) is 8.58. The molecule has 1 N–H and O–H groups in total. The minimum absolute atomic E-state index is 0.196. The summed E-state index contributed by atoms with van der Waals surface area (Å²) in [6.45, 7) is 0. The summed E-state index contributed by atoms with van der Waals surface area (Å²) in [6, 6.07) is 37.9. The average molecular weight is 534 g/mol. The van der Waals surface area contributed by atoms with Crippen molar-refractivity contribution in [3.05, 3.63) is 109 Å². The maximum atomic E-state index is 6.59. The van der Waals surface area contributed by atoms with Gasteiger partial charge in [0.15, 0.2) is 0 Å². The van der Waals surface area contributed by atoms with E-state index in [2.05, 4.69) is 101 Å². The Hall–Kier alpha value is -4.76. The van der Waals surface area contributed by atoms with Crippen LogP contribution < -0.4 is 27.3 Å².